The van der Waals surface area contributed by atoms with Crippen molar-refractivity contribution >= 4 is 44.1 Å². The van der Waals surface area contributed by atoms with Crippen molar-refractivity contribution < 1.29 is 14.3 Å². The van der Waals surface area contributed by atoms with Crippen LogP contribution in [-0.2, 0) is 11.3 Å². The van der Waals surface area contributed by atoms with Crippen LogP contribution in [0, 0.1) is 0 Å². The maximum atomic E-state index is 13.7. The summed E-state index contributed by atoms with van der Waals surface area (Å²) in [6.45, 7) is 0.901. The van der Waals surface area contributed by atoms with Gasteiger partial charge in [0.2, 0.25) is 5.91 Å². The van der Waals surface area contributed by atoms with Gasteiger partial charge in [-0.1, -0.05) is 24.3 Å². The number of aromatic nitrogens is 2. The van der Waals surface area contributed by atoms with E-state index in [-0.39, 0.29) is 22.1 Å². The van der Waals surface area contributed by atoms with Crippen LogP contribution in [0.4, 0.5) is 0 Å². The number of ether oxygens (including phenoxy) is 1. The summed E-state index contributed by atoms with van der Waals surface area (Å²) in [7, 11) is 1.45. The number of carbonyl (C=O) groups is 2. The Balaban J connectivity index is 1.65. The predicted molar refractivity (Wildman–Crippen MR) is 132 cm³/mol. The van der Waals surface area contributed by atoms with Gasteiger partial charge in [-0.2, -0.15) is 0 Å². The number of nitrogens with zero attached hydrogens (tertiary/aromatic N) is 2. The maximum Gasteiger partial charge on any atom is 0.265 e. The number of hydrogen-bond acceptors (Lipinski definition) is 6. The number of fused-ring (bicyclic) bond motifs is 3. The third kappa shape index (κ3) is 3.92. The fourth-order valence-corrected chi connectivity index (χ4v) is 5.60. The van der Waals surface area contributed by atoms with E-state index >= 15 is 0 Å². The lowest BCUT2D eigenvalue weighted by Crippen LogP contribution is -2.45. The second kappa shape index (κ2) is 9.26. The number of nitrogens with one attached hydrogen (secondary N) is 2. The summed E-state index contributed by atoms with van der Waals surface area (Å²) in [6, 6.07) is 12.6. The van der Waals surface area contributed by atoms with Crippen LogP contribution in [0.15, 0.2) is 53.5 Å². The lowest BCUT2D eigenvalue weighted by atomic mass is 10.1. The Morgan fingerprint density at radius 3 is 2.82 bits per heavy atom. The van der Waals surface area contributed by atoms with Crippen LogP contribution < -0.4 is 20.9 Å². The molecule has 34 heavy (non-hydrogen) atoms. The van der Waals surface area contributed by atoms with E-state index in [0.717, 1.165) is 29.4 Å². The largest absolute Gasteiger partial charge is 0.494 e. The van der Waals surface area contributed by atoms with Gasteiger partial charge in [-0.05, 0) is 37.5 Å². The van der Waals surface area contributed by atoms with Crippen molar-refractivity contribution in [2.45, 2.75) is 31.8 Å². The van der Waals surface area contributed by atoms with Gasteiger partial charge >= 0.3 is 0 Å². The van der Waals surface area contributed by atoms with E-state index in [1.54, 1.807) is 10.8 Å². The molecular formula is C25H24N4O4S. The van der Waals surface area contributed by atoms with E-state index in [1.165, 1.54) is 18.4 Å². The number of hydrogen-bond donors (Lipinski definition) is 2. The molecule has 0 aliphatic carbocycles. The van der Waals surface area contributed by atoms with E-state index in [2.05, 4.69) is 15.6 Å². The smallest absolute Gasteiger partial charge is 0.265 e. The maximum absolute atomic E-state index is 13.7. The summed E-state index contributed by atoms with van der Waals surface area (Å²) in [4.78, 5) is 44.0. The summed E-state index contributed by atoms with van der Waals surface area (Å²) < 4.78 is 7.96. The van der Waals surface area contributed by atoms with Crippen LogP contribution in [0.5, 0.6) is 5.75 Å². The normalized spacial score (nSPS) is 16.3. The first-order chi connectivity index (χ1) is 16.6. The Morgan fingerprint density at radius 1 is 1.21 bits per heavy atom. The molecule has 9 heteroatoms. The lowest BCUT2D eigenvalue weighted by Gasteiger charge is -2.15. The standard InChI is InChI=1S/C25H24N4O4S/c1-33-20-19-21(34-22(20)24(31)28-17-10-5-7-13-27-23(17)30)16-9-2-3-11-18(16)29(25(19)32)14-15-8-4-6-12-26-15/h2-4,6,8-9,11-12,17H,5,7,10,13-14H2,1H3,(H,27,30)(H,28,31). The molecule has 1 atom stereocenters. The highest BCUT2D eigenvalue weighted by Gasteiger charge is 2.28. The van der Waals surface area contributed by atoms with Crippen LogP contribution in [0.3, 0.4) is 0 Å². The minimum atomic E-state index is -0.609. The van der Waals surface area contributed by atoms with Crippen molar-refractivity contribution in [3.05, 3.63) is 69.6 Å². The van der Waals surface area contributed by atoms with Crippen LogP contribution in [0.1, 0.15) is 34.6 Å². The number of amides is 2. The summed E-state index contributed by atoms with van der Waals surface area (Å²) in [6.07, 6.45) is 3.99. The Kier molecular flexibility index (Phi) is 6.02. The first-order valence-corrected chi connectivity index (χ1v) is 12.0. The fourth-order valence-electron chi connectivity index (χ4n) is 4.40. The SMILES string of the molecule is COc1c(C(=O)NC2CCCCNC2=O)sc2c1c(=O)n(Cc1ccccn1)c1ccccc21. The molecule has 4 aromatic rings. The molecule has 174 valence electrons. The Hall–Kier alpha value is -3.72. The highest BCUT2D eigenvalue weighted by atomic mass is 32.1. The summed E-state index contributed by atoms with van der Waals surface area (Å²) in [5.74, 6) is -0.369. The Morgan fingerprint density at radius 2 is 2.03 bits per heavy atom. The van der Waals surface area contributed by atoms with Gasteiger partial charge in [-0.15, -0.1) is 11.3 Å². The summed E-state index contributed by atoms with van der Waals surface area (Å²) >= 11 is 1.21. The van der Waals surface area contributed by atoms with Gasteiger partial charge in [0.05, 0.1) is 29.6 Å². The molecular weight excluding hydrogens is 452 g/mol. The van der Waals surface area contributed by atoms with Gasteiger partial charge in [0.15, 0.2) is 5.75 Å². The highest BCUT2D eigenvalue weighted by Crippen LogP contribution is 2.39. The van der Waals surface area contributed by atoms with E-state index in [4.69, 9.17) is 4.74 Å². The molecule has 0 spiro atoms. The number of para-hydroxylation sites is 1. The molecule has 4 heterocycles. The Labute approximate surface area is 199 Å². The second-order valence-electron chi connectivity index (χ2n) is 8.21. The van der Waals surface area contributed by atoms with Gasteiger partial charge in [0, 0.05) is 18.1 Å². The van der Waals surface area contributed by atoms with Gasteiger partial charge in [-0.25, -0.2) is 0 Å². The number of pyridine rings is 2. The second-order valence-corrected chi connectivity index (χ2v) is 9.23. The van der Waals surface area contributed by atoms with Gasteiger partial charge in [0.1, 0.15) is 16.3 Å². The number of thiophene rings is 1. The first kappa shape index (κ1) is 22.1. The third-order valence-electron chi connectivity index (χ3n) is 6.06. The molecule has 1 unspecified atom stereocenters. The molecule has 5 rings (SSSR count). The molecule has 3 aromatic heterocycles. The van der Waals surface area contributed by atoms with Crippen LogP contribution in [-0.4, -0.2) is 41.1 Å². The average molecular weight is 477 g/mol. The van der Waals surface area contributed by atoms with Crippen molar-refractivity contribution in [1.29, 1.82) is 0 Å². The van der Waals surface area contributed by atoms with E-state index in [0.29, 0.717) is 29.6 Å². The monoisotopic (exact) mass is 476 g/mol. The quantitative estimate of drug-likeness (QED) is 0.461. The molecule has 1 aliphatic rings. The number of methoxy groups -OCH3 is 1. The molecule has 2 N–H and O–H groups in total. The molecule has 0 radical (unpaired) electrons. The zero-order valence-electron chi connectivity index (χ0n) is 18.7. The highest BCUT2D eigenvalue weighted by molar-refractivity contribution is 7.22. The predicted octanol–water partition coefficient (Wildman–Crippen LogP) is 3.07. The zero-order valence-corrected chi connectivity index (χ0v) is 19.5. The molecule has 1 fully saturated rings. The number of benzene rings is 1. The van der Waals surface area contributed by atoms with E-state index in [9.17, 15) is 14.4 Å². The Bertz CT molecular complexity index is 1440. The minimum Gasteiger partial charge on any atom is -0.494 e. The van der Waals surface area contributed by atoms with Gasteiger partial charge < -0.3 is 19.9 Å². The van der Waals surface area contributed by atoms with Crippen LogP contribution >= 0.6 is 11.3 Å². The van der Waals surface area contributed by atoms with Crippen molar-refractivity contribution in [3.63, 3.8) is 0 Å². The minimum absolute atomic E-state index is 0.186. The van der Waals surface area contributed by atoms with Gasteiger partial charge in [-0.3, -0.25) is 19.4 Å². The first-order valence-electron chi connectivity index (χ1n) is 11.2. The molecule has 1 aromatic carbocycles. The molecule has 8 nitrogen and oxygen atoms in total. The molecule has 0 bridgehead atoms. The lowest BCUT2D eigenvalue weighted by molar-refractivity contribution is -0.122. The van der Waals surface area contributed by atoms with Crippen LogP contribution in [0.2, 0.25) is 0 Å². The molecule has 1 saturated heterocycles. The number of rotatable bonds is 5. The molecule has 0 saturated carbocycles. The zero-order chi connectivity index (χ0) is 23.7. The van der Waals surface area contributed by atoms with Crippen molar-refractivity contribution in [1.82, 2.24) is 20.2 Å². The van der Waals surface area contributed by atoms with Crippen molar-refractivity contribution in [3.8, 4) is 5.75 Å². The average Bonchev–Trinajstić information content (AvgIpc) is 3.15. The summed E-state index contributed by atoms with van der Waals surface area (Å²) in [5, 5.41) is 6.88. The fraction of sp³-hybridized carbons (Fsp3) is 0.280. The van der Waals surface area contributed by atoms with E-state index in [1.807, 2.05) is 42.5 Å². The third-order valence-corrected chi connectivity index (χ3v) is 7.26. The topological polar surface area (TPSA) is 102 Å². The van der Waals surface area contributed by atoms with Crippen molar-refractivity contribution in [2.24, 2.45) is 0 Å². The van der Waals surface area contributed by atoms with Crippen molar-refractivity contribution in [2.75, 3.05) is 13.7 Å². The van der Waals surface area contributed by atoms with Gasteiger partial charge in [0.25, 0.3) is 11.5 Å². The number of carbonyl (C=O) groups excluding carboxylic acids is 2. The van der Waals surface area contributed by atoms with Crippen LogP contribution in [0.25, 0.3) is 21.0 Å². The van der Waals surface area contributed by atoms with E-state index < -0.39 is 11.9 Å². The summed E-state index contributed by atoms with van der Waals surface area (Å²) in [5.41, 5.74) is 1.25. The molecule has 1 aliphatic heterocycles. The molecule has 2 amide bonds.